The Balaban J connectivity index is 1.96. The molecule has 1 fully saturated rings. The van der Waals surface area contributed by atoms with Crippen molar-refractivity contribution in [3.05, 3.63) is 17.0 Å². The van der Waals surface area contributed by atoms with E-state index < -0.39 is 10.0 Å². The van der Waals surface area contributed by atoms with Gasteiger partial charge in [-0.05, 0) is 30.4 Å². The van der Waals surface area contributed by atoms with Crippen LogP contribution in [0, 0.1) is 5.41 Å². The summed E-state index contributed by atoms with van der Waals surface area (Å²) in [5.41, 5.74) is 0.187. The lowest BCUT2D eigenvalue weighted by molar-refractivity contribution is 0.531. The Labute approximate surface area is 119 Å². The Bertz CT molecular complexity index is 531. The molecule has 0 bridgehead atoms. The number of hydrogen-bond donors (Lipinski definition) is 2. The normalized spacial score (nSPS) is 17.9. The van der Waals surface area contributed by atoms with Gasteiger partial charge in [-0.1, -0.05) is 20.8 Å². The van der Waals surface area contributed by atoms with Crippen LogP contribution < -0.4 is 10.0 Å². The molecule has 1 saturated carbocycles. The van der Waals surface area contributed by atoms with E-state index in [-0.39, 0.29) is 5.41 Å². The van der Waals surface area contributed by atoms with E-state index >= 15 is 0 Å². The molecule has 0 atom stereocenters. The third-order valence-electron chi connectivity index (χ3n) is 3.38. The standard InChI is InChI=1S/C13H22N2O2S2/c1-10(2)14-8-11-4-5-12(18-11)19(16,17)15-9-13(3)6-7-13/h4-5,10,14-15H,6-9H2,1-3H3. The number of nitrogens with one attached hydrogen (secondary N) is 2. The quantitative estimate of drug-likeness (QED) is 0.812. The Morgan fingerprint density at radius 3 is 2.63 bits per heavy atom. The average molecular weight is 302 g/mol. The van der Waals surface area contributed by atoms with Crippen molar-refractivity contribution in [1.82, 2.24) is 10.0 Å². The van der Waals surface area contributed by atoms with Gasteiger partial charge in [-0.15, -0.1) is 11.3 Å². The largest absolute Gasteiger partial charge is 0.310 e. The number of hydrogen-bond acceptors (Lipinski definition) is 4. The van der Waals surface area contributed by atoms with E-state index in [1.807, 2.05) is 6.07 Å². The molecule has 0 radical (unpaired) electrons. The van der Waals surface area contributed by atoms with E-state index in [1.54, 1.807) is 6.07 Å². The molecule has 2 N–H and O–H groups in total. The summed E-state index contributed by atoms with van der Waals surface area (Å²) in [5.74, 6) is 0. The van der Waals surface area contributed by atoms with Crippen molar-refractivity contribution in [2.24, 2.45) is 5.41 Å². The monoisotopic (exact) mass is 302 g/mol. The van der Waals surface area contributed by atoms with E-state index in [4.69, 9.17) is 0 Å². The van der Waals surface area contributed by atoms with Crippen molar-refractivity contribution in [2.75, 3.05) is 6.54 Å². The predicted molar refractivity (Wildman–Crippen MR) is 78.8 cm³/mol. The molecule has 1 aromatic heterocycles. The Kier molecular flexibility index (Phi) is 4.35. The average Bonchev–Trinajstić information content (AvgIpc) is 2.89. The van der Waals surface area contributed by atoms with Gasteiger partial charge in [0.2, 0.25) is 10.0 Å². The summed E-state index contributed by atoms with van der Waals surface area (Å²) in [7, 11) is -3.33. The minimum atomic E-state index is -3.33. The maximum atomic E-state index is 12.1. The Morgan fingerprint density at radius 1 is 1.37 bits per heavy atom. The van der Waals surface area contributed by atoms with Crippen molar-refractivity contribution in [2.45, 2.75) is 50.4 Å². The first kappa shape index (κ1) is 15.0. The maximum absolute atomic E-state index is 12.1. The van der Waals surface area contributed by atoms with Crippen LogP contribution in [0.3, 0.4) is 0 Å². The second-order valence-electron chi connectivity index (χ2n) is 5.89. The number of rotatable bonds is 7. The van der Waals surface area contributed by atoms with E-state index in [1.165, 1.54) is 11.3 Å². The van der Waals surface area contributed by atoms with E-state index in [2.05, 4.69) is 30.8 Å². The van der Waals surface area contributed by atoms with Gasteiger partial charge in [0.25, 0.3) is 0 Å². The Morgan fingerprint density at radius 2 is 2.05 bits per heavy atom. The first-order valence-corrected chi connectivity index (χ1v) is 8.92. The van der Waals surface area contributed by atoms with Gasteiger partial charge in [-0.3, -0.25) is 0 Å². The van der Waals surface area contributed by atoms with Gasteiger partial charge in [0.1, 0.15) is 4.21 Å². The van der Waals surface area contributed by atoms with Crippen LogP contribution in [0.15, 0.2) is 16.3 Å². The van der Waals surface area contributed by atoms with Crippen molar-refractivity contribution in [3.8, 4) is 0 Å². The zero-order valence-electron chi connectivity index (χ0n) is 11.7. The maximum Gasteiger partial charge on any atom is 0.250 e. The van der Waals surface area contributed by atoms with E-state index in [0.29, 0.717) is 16.8 Å². The Hall–Kier alpha value is -0.430. The van der Waals surface area contributed by atoms with Crippen LogP contribution in [-0.2, 0) is 16.6 Å². The second kappa shape index (κ2) is 5.52. The van der Waals surface area contributed by atoms with E-state index in [0.717, 1.165) is 24.3 Å². The molecule has 19 heavy (non-hydrogen) atoms. The third-order valence-corrected chi connectivity index (χ3v) is 6.36. The fraction of sp³-hybridized carbons (Fsp3) is 0.692. The molecule has 2 rings (SSSR count). The third kappa shape index (κ3) is 4.27. The molecular formula is C13H22N2O2S2. The highest BCUT2D eigenvalue weighted by atomic mass is 32.2. The molecule has 1 aromatic rings. The summed E-state index contributed by atoms with van der Waals surface area (Å²) >= 11 is 1.34. The van der Waals surface area contributed by atoms with Crippen molar-refractivity contribution >= 4 is 21.4 Å². The fourth-order valence-electron chi connectivity index (χ4n) is 1.63. The molecule has 0 unspecified atom stereocenters. The minimum absolute atomic E-state index is 0.187. The lowest BCUT2D eigenvalue weighted by atomic mass is 10.2. The summed E-state index contributed by atoms with van der Waals surface area (Å²) in [6.45, 7) is 7.52. The molecule has 0 spiro atoms. The molecular weight excluding hydrogens is 280 g/mol. The smallest absolute Gasteiger partial charge is 0.250 e. The fourth-order valence-corrected chi connectivity index (χ4v) is 4.18. The topological polar surface area (TPSA) is 58.2 Å². The van der Waals surface area contributed by atoms with Crippen molar-refractivity contribution < 1.29 is 8.42 Å². The van der Waals surface area contributed by atoms with Gasteiger partial charge >= 0.3 is 0 Å². The zero-order chi connectivity index (χ0) is 14.1. The number of thiophene rings is 1. The molecule has 1 aliphatic carbocycles. The SMILES string of the molecule is CC(C)NCc1ccc(S(=O)(=O)NCC2(C)CC2)s1. The second-order valence-corrected chi connectivity index (χ2v) is 9.05. The molecule has 4 nitrogen and oxygen atoms in total. The summed E-state index contributed by atoms with van der Waals surface area (Å²) in [6, 6.07) is 3.97. The molecule has 0 aliphatic heterocycles. The van der Waals surface area contributed by atoms with Crippen LogP contribution in [-0.4, -0.2) is 21.0 Å². The molecule has 108 valence electrons. The van der Waals surface area contributed by atoms with E-state index in [9.17, 15) is 8.42 Å². The lowest BCUT2D eigenvalue weighted by Crippen LogP contribution is -2.28. The van der Waals surface area contributed by atoms with Crippen molar-refractivity contribution in [1.29, 1.82) is 0 Å². The lowest BCUT2D eigenvalue weighted by Gasteiger charge is -2.09. The molecule has 6 heteroatoms. The summed E-state index contributed by atoms with van der Waals surface area (Å²) in [4.78, 5) is 1.05. The highest BCUT2D eigenvalue weighted by Gasteiger charge is 2.38. The minimum Gasteiger partial charge on any atom is -0.310 e. The van der Waals surface area contributed by atoms with Gasteiger partial charge in [0.05, 0.1) is 0 Å². The van der Waals surface area contributed by atoms with Crippen LogP contribution in [0.2, 0.25) is 0 Å². The molecule has 0 aromatic carbocycles. The molecule has 1 heterocycles. The molecule has 0 amide bonds. The molecule has 1 aliphatic rings. The summed E-state index contributed by atoms with van der Waals surface area (Å²) < 4.78 is 27.4. The van der Waals surface area contributed by atoms with Crippen LogP contribution in [0.4, 0.5) is 0 Å². The van der Waals surface area contributed by atoms with Crippen LogP contribution in [0.5, 0.6) is 0 Å². The van der Waals surface area contributed by atoms with Crippen molar-refractivity contribution in [3.63, 3.8) is 0 Å². The van der Waals surface area contributed by atoms with Gasteiger partial charge in [0, 0.05) is 24.0 Å². The van der Waals surface area contributed by atoms with Crippen LogP contribution in [0.1, 0.15) is 38.5 Å². The highest BCUT2D eigenvalue weighted by molar-refractivity contribution is 7.91. The highest BCUT2D eigenvalue weighted by Crippen LogP contribution is 2.44. The predicted octanol–water partition coefficient (Wildman–Crippen LogP) is 2.32. The summed E-state index contributed by atoms with van der Waals surface area (Å²) in [5, 5.41) is 3.29. The van der Waals surface area contributed by atoms with Crippen LogP contribution >= 0.6 is 11.3 Å². The van der Waals surface area contributed by atoms with Gasteiger partial charge in [-0.25, -0.2) is 13.1 Å². The van der Waals surface area contributed by atoms with Gasteiger partial charge < -0.3 is 5.32 Å². The first-order valence-electron chi connectivity index (χ1n) is 6.63. The van der Waals surface area contributed by atoms with Gasteiger partial charge in [0.15, 0.2) is 0 Å². The van der Waals surface area contributed by atoms with Gasteiger partial charge in [-0.2, -0.15) is 0 Å². The zero-order valence-corrected chi connectivity index (χ0v) is 13.3. The summed E-state index contributed by atoms with van der Waals surface area (Å²) in [6.07, 6.45) is 2.23. The first-order chi connectivity index (χ1) is 8.81. The number of sulfonamides is 1. The molecule has 0 saturated heterocycles. The van der Waals surface area contributed by atoms with Crippen LogP contribution in [0.25, 0.3) is 0 Å².